The third kappa shape index (κ3) is 5.34. The maximum atomic E-state index is 11.6. The van der Waals surface area contributed by atoms with Gasteiger partial charge in [0.05, 0.1) is 5.75 Å². The van der Waals surface area contributed by atoms with Gasteiger partial charge in [-0.15, -0.1) is 0 Å². The van der Waals surface area contributed by atoms with Crippen LogP contribution in [-0.2, 0) is 9.84 Å². The highest BCUT2D eigenvalue weighted by atomic mass is 32.2. The molecule has 1 rings (SSSR count). The third-order valence-corrected chi connectivity index (χ3v) is 6.18. The molecule has 2 unspecified atom stereocenters. The van der Waals surface area contributed by atoms with Crippen LogP contribution in [-0.4, -0.2) is 56.5 Å². The molecule has 0 aromatic rings. The van der Waals surface area contributed by atoms with E-state index in [0.717, 1.165) is 32.5 Å². The van der Waals surface area contributed by atoms with E-state index >= 15 is 0 Å². The molecule has 0 aromatic carbocycles. The van der Waals surface area contributed by atoms with Crippen molar-refractivity contribution in [3.05, 3.63) is 0 Å². The van der Waals surface area contributed by atoms with Gasteiger partial charge in [-0.3, -0.25) is 4.90 Å². The van der Waals surface area contributed by atoms with Crippen molar-refractivity contribution in [1.29, 1.82) is 0 Å². The molecule has 0 saturated carbocycles. The van der Waals surface area contributed by atoms with Gasteiger partial charge in [-0.1, -0.05) is 34.6 Å². The Morgan fingerprint density at radius 2 is 1.90 bits per heavy atom. The first-order valence-electron chi connectivity index (χ1n) is 7.87. The summed E-state index contributed by atoms with van der Waals surface area (Å²) in [6.07, 6.45) is 1.87. The van der Waals surface area contributed by atoms with Crippen LogP contribution < -0.4 is 5.32 Å². The van der Waals surface area contributed by atoms with Gasteiger partial charge in [0.1, 0.15) is 9.84 Å². The van der Waals surface area contributed by atoms with E-state index in [1.165, 1.54) is 0 Å². The SMILES string of the molecule is CCC1CNC(C(C)(C)C)CN1CCCS(=O)(=O)CC. The summed E-state index contributed by atoms with van der Waals surface area (Å²) in [6.45, 7) is 13.6. The molecule has 2 atom stereocenters. The molecule has 0 amide bonds. The molecule has 1 fully saturated rings. The van der Waals surface area contributed by atoms with E-state index in [-0.39, 0.29) is 11.2 Å². The zero-order valence-electron chi connectivity index (χ0n) is 13.8. The van der Waals surface area contributed by atoms with Crippen molar-refractivity contribution in [2.45, 2.75) is 59.5 Å². The lowest BCUT2D eigenvalue weighted by Crippen LogP contribution is -2.60. The number of sulfone groups is 1. The van der Waals surface area contributed by atoms with Crippen LogP contribution in [0.5, 0.6) is 0 Å². The summed E-state index contributed by atoms with van der Waals surface area (Å²) in [5.74, 6) is 0.584. The number of nitrogens with zero attached hydrogens (tertiary/aromatic N) is 1. The minimum absolute atomic E-state index is 0.243. The molecule has 0 spiro atoms. The molecule has 5 heteroatoms. The summed E-state index contributed by atoms with van der Waals surface area (Å²) in [6, 6.07) is 1.02. The van der Waals surface area contributed by atoms with Gasteiger partial charge >= 0.3 is 0 Å². The highest BCUT2D eigenvalue weighted by molar-refractivity contribution is 7.91. The predicted octanol–water partition coefficient (Wildman–Crippen LogP) is 1.91. The summed E-state index contributed by atoms with van der Waals surface area (Å²) in [5, 5.41) is 3.65. The molecule has 20 heavy (non-hydrogen) atoms. The third-order valence-electron chi connectivity index (χ3n) is 4.39. The van der Waals surface area contributed by atoms with Gasteiger partial charge in [0, 0.05) is 30.9 Å². The van der Waals surface area contributed by atoms with Gasteiger partial charge in [-0.25, -0.2) is 8.42 Å². The second-order valence-electron chi connectivity index (χ2n) is 6.97. The lowest BCUT2D eigenvalue weighted by Gasteiger charge is -2.45. The average Bonchev–Trinajstić information content (AvgIpc) is 2.37. The van der Waals surface area contributed by atoms with Crippen molar-refractivity contribution >= 4 is 9.84 Å². The summed E-state index contributed by atoms with van der Waals surface area (Å²) < 4.78 is 23.2. The van der Waals surface area contributed by atoms with E-state index in [0.29, 0.717) is 17.8 Å². The molecule has 0 aromatic heterocycles. The first-order valence-corrected chi connectivity index (χ1v) is 9.69. The number of piperazine rings is 1. The average molecular weight is 305 g/mol. The van der Waals surface area contributed by atoms with E-state index in [9.17, 15) is 8.42 Å². The highest BCUT2D eigenvalue weighted by Crippen LogP contribution is 2.24. The number of rotatable bonds is 6. The van der Waals surface area contributed by atoms with Crippen LogP contribution in [0.4, 0.5) is 0 Å². The Labute approximate surface area is 125 Å². The summed E-state index contributed by atoms with van der Waals surface area (Å²) in [4.78, 5) is 2.48. The van der Waals surface area contributed by atoms with Crippen LogP contribution in [0.1, 0.15) is 47.5 Å². The van der Waals surface area contributed by atoms with Crippen molar-refractivity contribution in [1.82, 2.24) is 10.2 Å². The summed E-state index contributed by atoms with van der Waals surface area (Å²) in [5.41, 5.74) is 0.243. The summed E-state index contributed by atoms with van der Waals surface area (Å²) in [7, 11) is -2.83. The fourth-order valence-corrected chi connectivity index (χ4v) is 3.60. The van der Waals surface area contributed by atoms with Gasteiger partial charge in [-0.05, 0) is 24.8 Å². The van der Waals surface area contributed by atoms with Gasteiger partial charge in [0.25, 0.3) is 0 Å². The van der Waals surface area contributed by atoms with E-state index < -0.39 is 9.84 Å². The van der Waals surface area contributed by atoms with Crippen molar-refractivity contribution in [3.8, 4) is 0 Å². The fourth-order valence-electron chi connectivity index (χ4n) is 2.74. The molecule has 1 aliphatic rings. The van der Waals surface area contributed by atoms with Crippen LogP contribution in [0.3, 0.4) is 0 Å². The van der Waals surface area contributed by atoms with Gasteiger partial charge in [0.15, 0.2) is 0 Å². The second kappa shape index (κ2) is 7.23. The van der Waals surface area contributed by atoms with E-state index in [1.807, 2.05) is 0 Å². The Hall–Kier alpha value is -0.130. The molecule has 0 radical (unpaired) electrons. The molecular weight excluding hydrogens is 272 g/mol. The van der Waals surface area contributed by atoms with E-state index in [2.05, 4.69) is 37.9 Å². The van der Waals surface area contributed by atoms with Crippen molar-refractivity contribution in [2.24, 2.45) is 5.41 Å². The molecule has 1 saturated heterocycles. The van der Waals surface area contributed by atoms with Gasteiger partial charge < -0.3 is 5.32 Å². The molecule has 0 bridgehead atoms. The zero-order chi connectivity index (χ0) is 15.4. The Balaban J connectivity index is 2.55. The molecule has 120 valence electrons. The first kappa shape index (κ1) is 17.9. The predicted molar refractivity (Wildman–Crippen MR) is 85.8 cm³/mol. The molecule has 0 aliphatic carbocycles. The maximum absolute atomic E-state index is 11.6. The Morgan fingerprint density at radius 3 is 2.40 bits per heavy atom. The van der Waals surface area contributed by atoms with Crippen molar-refractivity contribution in [3.63, 3.8) is 0 Å². The minimum Gasteiger partial charge on any atom is -0.311 e. The molecule has 1 aliphatic heterocycles. The van der Waals surface area contributed by atoms with Crippen LogP contribution >= 0.6 is 0 Å². The first-order chi connectivity index (χ1) is 9.19. The standard InChI is InChI=1S/C15H32N2O2S/c1-6-13-11-16-14(15(3,4)5)12-17(13)9-8-10-20(18,19)7-2/h13-14,16H,6-12H2,1-5H3. The largest absolute Gasteiger partial charge is 0.311 e. The van der Waals surface area contributed by atoms with Gasteiger partial charge in [0.2, 0.25) is 0 Å². The zero-order valence-corrected chi connectivity index (χ0v) is 14.6. The molecule has 1 N–H and O–H groups in total. The quantitative estimate of drug-likeness (QED) is 0.814. The minimum atomic E-state index is -2.83. The number of nitrogens with one attached hydrogen (secondary N) is 1. The topological polar surface area (TPSA) is 49.4 Å². The van der Waals surface area contributed by atoms with Crippen LogP contribution in [0.2, 0.25) is 0 Å². The van der Waals surface area contributed by atoms with Crippen molar-refractivity contribution in [2.75, 3.05) is 31.1 Å². The molecular formula is C15H32N2O2S. The molecule has 1 heterocycles. The maximum Gasteiger partial charge on any atom is 0.150 e. The Bertz CT molecular complexity index is 387. The van der Waals surface area contributed by atoms with E-state index in [4.69, 9.17) is 0 Å². The lowest BCUT2D eigenvalue weighted by atomic mass is 9.84. The lowest BCUT2D eigenvalue weighted by molar-refractivity contribution is 0.0839. The normalized spacial score (nSPS) is 25.9. The monoisotopic (exact) mass is 304 g/mol. The summed E-state index contributed by atoms with van der Waals surface area (Å²) >= 11 is 0. The Kier molecular flexibility index (Phi) is 6.48. The Morgan fingerprint density at radius 1 is 1.25 bits per heavy atom. The highest BCUT2D eigenvalue weighted by Gasteiger charge is 2.33. The van der Waals surface area contributed by atoms with E-state index in [1.54, 1.807) is 6.92 Å². The number of hydrogen-bond acceptors (Lipinski definition) is 4. The van der Waals surface area contributed by atoms with Crippen LogP contribution in [0, 0.1) is 5.41 Å². The smallest absolute Gasteiger partial charge is 0.150 e. The van der Waals surface area contributed by atoms with Crippen LogP contribution in [0.25, 0.3) is 0 Å². The number of hydrogen-bond donors (Lipinski definition) is 1. The van der Waals surface area contributed by atoms with Crippen molar-refractivity contribution < 1.29 is 8.42 Å². The molecule has 4 nitrogen and oxygen atoms in total. The van der Waals surface area contributed by atoms with Gasteiger partial charge in [-0.2, -0.15) is 0 Å². The fraction of sp³-hybridized carbons (Fsp3) is 1.00. The van der Waals surface area contributed by atoms with Crippen LogP contribution in [0.15, 0.2) is 0 Å². The second-order valence-corrected chi connectivity index (χ2v) is 9.45.